The molecule has 16 heavy (non-hydrogen) atoms. The standard InChI is InChI=1S/C12H10FN.C2H6/c1-9-7-12(14-8-11(9)13)10-5-3-2-4-6-10;1-2/h2-8H,1H3;1-2H3. The molecule has 2 heteroatoms. The van der Waals surface area contributed by atoms with Gasteiger partial charge in [-0.25, -0.2) is 4.39 Å². The number of hydrogen-bond donors (Lipinski definition) is 0. The SMILES string of the molecule is CC.Cc1cc(-c2ccccc2)ncc1F. The van der Waals surface area contributed by atoms with Crippen molar-refractivity contribution >= 4 is 0 Å². The molecule has 1 heterocycles. The highest BCUT2D eigenvalue weighted by molar-refractivity contribution is 5.59. The molecule has 1 aromatic heterocycles. The van der Waals surface area contributed by atoms with Crippen molar-refractivity contribution in [2.45, 2.75) is 20.8 Å². The van der Waals surface area contributed by atoms with E-state index >= 15 is 0 Å². The molecule has 2 rings (SSSR count). The van der Waals surface area contributed by atoms with Crippen LogP contribution in [0.2, 0.25) is 0 Å². The number of rotatable bonds is 1. The van der Waals surface area contributed by atoms with Gasteiger partial charge >= 0.3 is 0 Å². The second kappa shape index (κ2) is 6.01. The molecule has 2 aromatic rings. The monoisotopic (exact) mass is 217 g/mol. The van der Waals surface area contributed by atoms with Crippen molar-refractivity contribution in [3.05, 3.63) is 54.0 Å². The van der Waals surface area contributed by atoms with Gasteiger partial charge in [-0.15, -0.1) is 0 Å². The maximum atomic E-state index is 13.0. The third-order valence-electron chi connectivity index (χ3n) is 2.12. The molecule has 0 aliphatic carbocycles. The molecule has 1 aromatic carbocycles. The molecule has 0 spiro atoms. The highest BCUT2D eigenvalue weighted by Crippen LogP contribution is 2.18. The predicted molar refractivity (Wildman–Crippen MR) is 65.7 cm³/mol. The Kier molecular flexibility index (Phi) is 4.65. The first-order chi connectivity index (χ1) is 7.77. The average Bonchev–Trinajstić information content (AvgIpc) is 2.36. The number of halogens is 1. The Morgan fingerprint density at radius 2 is 1.69 bits per heavy atom. The summed E-state index contributed by atoms with van der Waals surface area (Å²) < 4.78 is 13.0. The Balaban J connectivity index is 0.000000606. The van der Waals surface area contributed by atoms with Crippen molar-refractivity contribution in [3.8, 4) is 11.3 Å². The molecule has 0 unspecified atom stereocenters. The van der Waals surface area contributed by atoms with Gasteiger partial charge in [0, 0.05) is 5.56 Å². The minimum absolute atomic E-state index is 0.260. The van der Waals surface area contributed by atoms with Crippen molar-refractivity contribution in [2.75, 3.05) is 0 Å². The fourth-order valence-corrected chi connectivity index (χ4v) is 1.31. The summed E-state index contributed by atoms with van der Waals surface area (Å²) in [5.41, 5.74) is 2.44. The lowest BCUT2D eigenvalue weighted by Gasteiger charge is -2.01. The molecule has 0 aliphatic rings. The molecule has 1 nitrogen and oxygen atoms in total. The number of nitrogens with zero attached hydrogens (tertiary/aromatic N) is 1. The summed E-state index contributed by atoms with van der Waals surface area (Å²) in [5.74, 6) is -0.260. The molecule has 0 fully saturated rings. The lowest BCUT2D eigenvalue weighted by molar-refractivity contribution is 0.612. The van der Waals surface area contributed by atoms with E-state index < -0.39 is 0 Å². The van der Waals surface area contributed by atoms with Gasteiger partial charge in [-0.05, 0) is 18.6 Å². The van der Waals surface area contributed by atoms with Gasteiger partial charge in [0.1, 0.15) is 5.82 Å². The predicted octanol–water partition coefficient (Wildman–Crippen LogP) is 4.22. The number of aromatic nitrogens is 1. The summed E-state index contributed by atoms with van der Waals surface area (Å²) in [7, 11) is 0. The van der Waals surface area contributed by atoms with Crippen LogP contribution >= 0.6 is 0 Å². The molecular weight excluding hydrogens is 201 g/mol. The van der Waals surface area contributed by atoms with Gasteiger partial charge in [-0.2, -0.15) is 0 Å². The molecule has 0 amide bonds. The zero-order valence-corrected chi connectivity index (χ0v) is 9.87. The molecule has 0 radical (unpaired) electrons. The van der Waals surface area contributed by atoms with E-state index in [1.807, 2.05) is 44.2 Å². The minimum atomic E-state index is -0.260. The van der Waals surface area contributed by atoms with Crippen LogP contribution in [0.15, 0.2) is 42.6 Å². The minimum Gasteiger partial charge on any atom is -0.253 e. The van der Waals surface area contributed by atoms with E-state index in [-0.39, 0.29) is 5.82 Å². The second-order valence-corrected chi connectivity index (χ2v) is 3.18. The van der Waals surface area contributed by atoms with Crippen LogP contribution in [0.25, 0.3) is 11.3 Å². The van der Waals surface area contributed by atoms with Crippen LogP contribution in [0.3, 0.4) is 0 Å². The summed E-state index contributed by atoms with van der Waals surface area (Å²) in [6.07, 6.45) is 1.26. The quantitative estimate of drug-likeness (QED) is 0.696. The van der Waals surface area contributed by atoms with Crippen LogP contribution in [-0.4, -0.2) is 4.98 Å². The molecule has 84 valence electrons. The Morgan fingerprint density at radius 1 is 1.06 bits per heavy atom. The van der Waals surface area contributed by atoms with Crippen LogP contribution in [0.4, 0.5) is 4.39 Å². The third kappa shape index (κ3) is 2.89. The first kappa shape index (κ1) is 12.4. The molecule has 0 N–H and O–H groups in total. The molecule has 0 saturated carbocycles. The normalized spacial score (nSPS) is 9.25. The highest BCUT2D eigenvalue weighted by atomic mass is 19.1. The van der Waals surface area contributed by atoms with Crippen LogP contribution in [-0.2, 0) is 0 Å². The summed E-state index contributed by atoms with van der Waals surface area (Å²) in [6.45, 7) is 5.74. The Hall–Kier alpha value is -1.70. The number of hydrogen-bond acceptors (Lipinski definition) is 1. The van der Waals surface area contributed by atoms with E-state index in [0.717, 1.165) is 11.3 Å². The molecule has 0 aliphatic heterocycles. The molecule has 0 saturated heterocycles. The molecule has 0 bridgehead atoms. The van der Waals surface area contributed by atoms with E-state index in [9.17, 15) is 4.39 Å². The van der Waals surface area contributed by atoms with Crippen molar-refractivity contribution < 1.29 is 4.39 Å². The fourth-order valence-electron chi connectivity index (χ4n) is 1.31. The van der Waals surface area contributed by atoms with Crippen molar-refractivity contribution in [1.29, 1.82) is 0 Å². The van der Waals surface area contributed by atoms with Crippen LogP contribution in [0, 0.1) is 12.7 Å². The highest BCUT2D eigenvalue weighted by Gasteiger charge is 2.01. The maximum Gasteiger partial charge on any atom is 0.144 e. The Bertz CT molecular complexity index is 438. The zero-order valence-electron chi connectivity index (χ0n) is 9.87. The van der Waals surface area contributed by atoms with Gasteiger partial charge in [0.05, 0.1) is 11.9 Å². The first-order valence-electron chi connectivity index (χ1n) is 5.45. The van der Waals surface area contributed by atoms with Crippen LogP contribution in [0.5, 0.6) is 0 Å². The number of benzene rings is 1. The van der Waals surface area contributed by atoms with Gasteiger partial charge in [0.25, 0.3) is 0 Å². The van der Waals surface area contributed by atoms with Crippen molar-refractivity contribution in [2.24, 2.45) is 0 Å². The Morgan fingerprint density at radius 3 is 2.25 bits per heavy atom. The molecule has 0 atom stereocenters. The third-order valence-corrected chi connectivity index (χ3v) is 2.12. The second-order valence-electron chi connectivity index (χ2n) is 3.18. The lowest BCUT2D eigenvalue weighted by atomic mass is 10.1. The van der Waals surface area contributed by atoms with Gasteiger partial charge in [0.15, 0.2) is 0 Å². The fraction of sp³-hybridized carbons (Fsp3) is 0.214. The van der Waals surface area contributed by atoms with Crippen molar-refractivity contribution in [3.63, 3.8) is 0 Å². The van der Waals surface area contributed by atoms with Gasteiger partial charge in [-0.3, -0.25) is 4.98 Å². The molecular formula is C14H16FN. The summed E-state index contributed by atoms with van der Waals surface area (Å²) in [5, 5.41) is 0. The van der Waals surface area contributed by atoms with Crippen LogP contribution < -0.4 is 0 Å². The average molecular weight is 217 g/mol. The number of pyridine rings is 1. The maximum absolute atomic E-state index is 13.0. The summed E-state index contributed by atoms with van der Waals surface area (Å²) >= 11 is 0. The Labute approximate surface area is 96.0 Å². The van der Waals surface area contributed by atoms with Crippen LogP contribution in [0.1, 0.15) is 19.4 Å². The summed E-state index contributed by atoms with van der Waals surface area (Å²) in [4.78, 5) is 4.03. The van der Waals surface area contributed by atoms with Gasteiger partial charge < -0.3 is 0 Å². The smallest absolute Gasteiger partial charge is 0.144 e. The van der Waals surface area contributed by atoms with Gasteiger partial charge in [-0.1, -0.05) is 44.2 Å². The topological polar surface area (TPSA) is 12.9 Å². The van der Waals surface area contributed by atoms with E-state index in [4.69, 9.17) is 0 Å². The first-order valence-corrected chi connectivity index (χ1v) is 5.45. The number of aryl methyl sites for hydroxylation is 1. The van der Waals surface area contributed by atoms with Crippen molar-refractivity contribution in [1.82, 2.24) is 4.98 Å². The van der Waals surface area contributed by atoms with E-state index in [1.165, 1.54) is 6.20 Å². The van der Waals surface area contributed by atoms with Gasteiger partial charge in [0.2, 0.25) is 0 Å². The zero-order chi connectivity index (χ0) is 12.0. The largest absolute Gasteiger partial charge is 0.253 e. The van der Waals surface area contributed by atoms with E-state index in [2.05, 4.69) is 4.98 Å². The van der Waals surface area contributed by atoms with E-state index in [0.29, 0.717) is 5.56 Å². The van der Waals surface area contributed by atoms with E-state index in [1.54, 1.807) is 13.0 Å². The summed E-state index contributed by atoms with van der Waals surface area (Å²) in [6, 6.07) is 11.5. The lowest BCUT2D eigenvalue weighted by Crippen LogP contribution is -1.88.